The predicted octanol–water partition coefficient (Wildman–Crippen LogP) is 5.04. The van der Waals surface area contributed by atoms with Crippen LogP contribution in [0.1, 0.15) is 42.4 Å². The van der Waals surface area contributed by atoms with Crippen molar-refractivity contribution in [2.24, 2.45) is 5.92 Å². The average Bonchev–Trinajstić information content (AvgIpc) is 2.61. The second-order valence-corrected chi connectivity index (χ2v) is 7.38. The third-order valence-electron chi connectivity index (χ3n) is 5.18. The van der Waals surface area contributed by atoms with Crippen molar-refractivity contribution in [1.82, 2.24) is 0 Å². The molecule has 0 N–H and O–H groups in total. The Bertz CT molecular complexity index is 772. The summed E-state index contributed by atoms with van der Waals surface area (Å²) in [5.41, 5.74) is 2.29. The lowest BCUT2D eigenvalue weighted by atomic mass is 9.69. The molecular formula is C20H19BrO3. The second-order valence-electron chi connectivity index (χ2n) is 6.53. The van der Waals surface area contributed by atoms with Crippen molar-refractivity contribution >= 4 is 21.7 Å². The van der Waals surface area contributed by atoms with Crippen molar-refractivity contribution in [1.29, 1.82) is 0 Å². The van der Waals surface area contributed by atoms with E-state index in [1.54, 1.807) is 7.11 Å². The largest absolute Gasteiger partial charge is 0.495 e. The van der Waals surface area contributed by atoms with Crippen molar-refractivity contribution in [2.75, 3.05) is 7.11 Å². The zero-order valence-corrected chi connectivity index (χ0v) is 15.1. The average molecular weight is 387 g/mol. The maximum absolute atomic E-state index is 12.1. The maximum Gasteiger partial charge on any atom is 0.136 e. The fourth-order valence-corrected chi connectivity index (χ4v) is 4.53. The first-order valence-electron chi connectivity index (χ1n) is 8.28. The molecule has 4 heteroatoms. The molecule has 1 fully saturated rings. The molecule has 1 aliphatic carbocycles. The lowest BCUT2D eigenvalue weighted by molar-refractivity contribution is -0.122. The molecule has 2 aromatic rings. The van der Waals surface area contributed by atoms with E-state index in [0.29, 0.717) is 24.5 Å². The summed E-state index contributed by atoms with van der Waals surface area (Å²) in [6.45, 7) is 0. The van der Waals surface area contributed by atoms with Gasteiger partial charge in [0.05, 0.1) is 11.6 Å². The highest BCUT2D eigenvalue weighted by Crippen LogP contribution is 2.53. The Hall–Kier alpha value is -1.81. The number of benzene rings is 2. The molecule has 124 valence electrons. The highest BCUT2D eigenvalue weighted by Gasteiger charge is 2.42. The maximum atomic E-state index is 12.1. The van der Waals surface area contributed by atoms with Crippen LogP contribution in [-0.2, 0) is 4.79 Å². The van der Waals surface area contributed by atoms with E-state index in [1.807, 2.05) is 24.3 Å². The molecule has 1 unspecified atom stereocenters. The molecule has 0 amide bonds. The Morgan fingerprint density at radius 2 is 2.00 bits per heavy atom. The van der Waals surface area contributed by atoms with Gasteiger partial charge in [-0.05, 0) is 39.5 Å². The van der Waals surface area contributed by atoms with Gasteiger partial charge in [-0.1, -0.05) is 30.3 Å². The molecule has 1 saturated carbocycles. The third-order valence-corrected chi connectivity index (χ3v) is 5.80. The molecule has 1 aliphatic heterocycles. The van der Waals surface area contributed by atoms with Gasteiger partial charge in [0, 0.05) is 30.7 Å². The van der Waals surface area contributed by atoms with E-state index in [9.17, 15) is 4.79 Å². The summed E-state index contributed by atoms with van der Waals surface area (Å²) in [4.78, 5) is 12.1. The highest BCUT2D eigenvalue weighted by molar-refractivity contribution is 9.10. The van der Waals surface area contributed by atoms with Crippen molar-refractivity contribution < 1.29 is 14.3 Å². The highest BCUT2D eigenvalue weighted by atomic mass is 79.9. The number of ketones is 1. The van der Waals surface area contributed by atoms with Gasteiger partial charge in [0.1, 0.15) is 23.4 Å². The van der Waals surface area contributed by atoms with Crippen LogP contribution in [0.4, 0.5) is 0 Å². The van der Waals surface area contributed by atoms with E-state index in [-0.39, 0.29) is 12.0 Å². The van der Waals surface area contributed by atoms with E-state index < -0.39 is 0 Å². The molecule has 1 heterocycles. The first-order chi connectivity index (χ1) is 11.7. The fourth-order valence-electron chi connectivity index (χ4n) is 4.01. The first-order valence-corrected chi connectivity index (χ1v) is 9.07. The summed E-state index contributed by atoms with van der Waals surface area (Å²) in [6, 6.07) is 14.3. The molecule has 4 rings (SSSR count). The number of ether oxygens (including phenoxy) is 2. The molecule has 3 atom stereocenters. The minimum atomic E-state index is -0.0114. The number of carbonyl (C=O) groups is 1. The molecule has 0 aromatic heterocycles. The summed E-state index contributed by atoms with van der Waals surface area (Å²) in [6.07, 6.45) is 2.12. The Kier molecular flexibility index (Phi) is 4.09. The van der Waals surface area contributed by atoms with Gasteiger partial charge in [-0.3, -0.25) is 4.79 Å². The van der Waals surface area contributed by atoms with E-state index in [2.05, 4.69) is 34.1 Å². The Balaban J connectivity index is 1.82. The van der Waals surface area contributed by atoms with Crippen LogP contribution in [0.5, 0.6) is 11.5 Å². The molecule has 24 heavy (non-hydrogen) atoms. The van der Waals surface area contributed by atoms with Crippen LogP contribution in [0.25, 0.3) is 0 Å². The number of fused-ring (bicyclic) bond motifs is 3. The summed E-state index contributed by atoms with van der Waals surface area (Å²) in [5, 5.41) is 0. The van der Waals surface area contributed by atoms with Crippen LogP contribution in [-0.4, -0.2) is 12.9 Å². The number of halogens is 1. The molecule has 0 radical (unpaired) electrons. The second kappa shape index (κ2) is 6.25. The topological polar surface area (TPSA) is 35.5 Å². The predicted molar refractivity (Wildman–Crippen MR) is 95.6 cm³/mol. The lowest BCUT2D eigenvalue weighted by Gasteiger charge is -2.42. The monoisotopic (exact) mass is 386 g/mol. The third kappa shape index (κ3) is 2.63. The summed E-state index contributed by atoms with van der Waals surface area (Å²) in [7, 11) is 1.65. The van der Waals surface area contributed by atoms with E-state index in [1.165, 1.54) is 5.56 Å². The van der Waals surface area contributed by atoms with Crippen LogP contribution in [0, 0.1) is 5.92 Å². The normalized spacial score (nSPS) is 25.4. The number of methoxy groups -OCH3 is 1. The molecule has 0 saturated heterocycles. The zero-order valence-electron chi connectivity index (χ0n) is 13.5. The number of Topliss-reactive ketones (excluding diaryl/α,β-unsaturated/α-hetero) is 1. The van der Waals surface area contributed by atoms with Gasteiger partial charge in [-0.15, -0.1) is 0 Å². The number of hydrogen-bond donors (Lipinski definition) is 0. The molecule has 2 aliphatic rings. The van der Waals surface area contributed by atoms with Gasteiger partial charge in [0.2, 0.25) is 0 Å². The molecule has 3 nitrogen and oxygen atoms in total. The van der Waals surface area contributed by atoms with Crippen molar-refractivity contribution in [3.05, 3.63) is 58.1 Å². The van der Waals surface area contributed by atoms with Crippen LogP contribution >= 0.6 is 15.9 Å². The summed E-state index contributed by atoms with van der Waals surface area (Å²) < 4.78 is 12.7. The quantitative estimate of drug-likeness (QED) is 0.724. The molecule has 0 bridgehead atoms. The Morgan fingerprint density at radius 3 is 2.75 bits per heavy atom. The Morgan fingerprint density at radius 1 is 1.21 bits per heavy atom. The first kappa shape index (κ1) is 15.7. The van der Waals surface area contributed by atoms with Gasteiger partial charge in [0.25, 0.3) is 0 Å². The lowest BCUT2D eigenvalue weighted by Crippen LogP contribution is -2.34. The molecule has 0 spiro atoms. The number of carbonyl (C=O) groups excluding carboxylic acids is 1. The summed E-state index contributed by atoms with van der Waals surface area (Å²) >= 11 is 3.56. The van der Waals surface area contributed by atoms with Gasteiger partial charge in [0.15, 0.2) is 0 Å². The minimum Gasteiger partial charge on any atom is -0.495 e. The standard InChI is InChI=1S/C20H19BrO3/c1-23-19-11-18-16(10-17(19)21)15-9-13(22)7-8-14(15)20(24-18)12-5-3-2-4-6-12/h2-6,10-11,14-15,20H,7-9H2,1H3/t14-,15?,20+/m0/s1. The van der Waals surface area contributed by atoms with Crippen molar-refractivity contribution in [3.8, 4) is 11.5 Å². The Labute approximate surface area is 150 Å². The zero-order chi connectivity index (χ0) is 16.7. The van der Waals surface area contributed by atoms with Crippen LogP contribution in [0.15, 0.2) is 46.9 Å². The van der Waals surface area contributed by atoms with Crippen molar-refractivity contribution in [2.45, 2.75) is 31.3 Å². The molecule has 2 aromatic carbocycles. The number of hydrogen-bond acceptors (Lipinski definition) is 3. The van der Waals surface area contributed by atoms with E-state index >= 15 is 0 Å². The van der Waals surface area contributed by atoms with Gasteiger partial charge in [-0.2, -0.15) is 0 Å². The van der Waals surface area contributed by atoms with Gasteiger partial charge in [-0.25, -0.2) is 0 Å². The smallest absolute Gasteiger partial charge is 0.136 e. The SMILES string of the molecule is COc1cc2c(cc1Br)C1CC(=O)CC[C@@H]1[C@@H](c1ccccc1)O2. The van der Waals surface area contributed by atoms with E-state index in [4.69, 9.17) is 9.47 Å². The van der Waals surface area contributed by atoms with Gasteiger partial charge < -0.3 is 9.47 Å². The summed E-state index contributed by atoms with van der Waals surface area (Å²) in [5.74, 6) is 2.48. The minimum absolute atomic E-state index is 0.0114. The van der Waals surface area contributed by atoms with E-state index in [0.717, 1.165) is 28.0 Å². The van der Waals surface area contributed by atoms with Crippen LogP contribution in [0.2, 0.25) is 0 Å². The van der Waals surface area contributed by atoms with Crippen LogP contribution < -0.4 is 9.47 Å². The van der Waals surface area contributed by atoms with Crippen molar-refractivity contribution in [3.63, 3.8) is 0 Å². The fraction of sp³-hybridized carbons (Fsp3) is 0.350. The number of rotatable bonds is 2. The molecular weight excluding hydrogens is 368 g/mol. The van der Waals surface area contributed by atoms with Gasteiger partial charge >= 0.3 is 0 Å². The van der Waals surface area contributed by atoms with Crippen LogP contribution in [0.3, 0.4) is 0 Å².